The molecule has 0 aliphatic heterocycles. The number of halogens is 3. The van der Waals surface area contributed by atoms with E-state index in [4.69, 9.17) is 0 Å². The first-order chi connectivity index (χ1) is 10.3. The topological polar surface area (TPSA) is 56.1 Å². The lowest BCUT2D eigenvalue weighted by molar-refractivity contribution is -0.153. The van der Waals surface area contributed by atoms with Crippen LogP contribution in [0.5, 0.6) is 5.75 Å². The summed E-state index contributed by atoms with van der Waals surface area (Å²) in [6.45, 7) is 0.332. The zero-order chi connectivity index (χ0) is 16.2. The van der Waals surface area contributed by atoms with Gasteiger partial charge in [-0.1, -0.05) is 0 Å². The number of hydrogen-bond acceptors (Lipinski definition) is 3. The van der Waals surface area contributed by atoms with E-state index in [2.05, 4.69) is 15.2 Å². The van der Waals surface area contributed by atoms with Crippen LogP contribution in [0.3, 0.4) is 0 Å². The van der Waals surface area contributed by atoms with Crippen molar-refractivity contribution >= 4 is 11.6 Å². The van der Waals surface area contributed by atoms with Gasteiger partial charge in [0, 0.05) is 18.1 Å². The molecular weight excluding hydrogens is 299 g/mol. The van der Waals surface area contributed by atoms with Gasteiger partial charge in [0.25, 0.3) is 0 Å². The molecular formula is C14H14F3N3O2. The molecule has 118 valence electrons. The maximum Gasteiger partial charge on any atom is 0.422 e. The standard InChI is InChI=1S/C14H14F3N3O2/c1-10(20-8-2-7-18-20)13(21)19-11-3-5-12(6-4-11)22-9-14(15,16)17/h2-8,10H,9H2,1H3,(H,19,21). The summed E-state index contributed by atoms with van der Waals surface area (Å²) in [6, 6.07) is 6.87. The molecule has 0 aliphatic rings. The highest BCUT2D eigenvalue weighted by Crippen LogP contribution is 2.20. The first-order valence-corrected chi connectivity index (χ1v) is 6.45. The lowest BCUT2D eigenvalue weighted by Crippen LogP contribution is -2.24. The zero-order valence-corrected chi connectivity index (χ0v) is 11.7. The quantitative estimate of drug-likeness (QED) is 0.923. The van der Waals surface area contributed by atoms with Crippen molar-refractivity contribution < 1.29 is 22.7 Å². The lowest BCUT2D eigenvalue weighted by Gasteiger charge is -2.13. The van der Waals surface area contributed by atoms with Crippen molar-refractivity contribution in [3.05, 3.63) is 42.7 Å². The van der Waals surface area contributed by atoms with Crippen molar-refractivity contribution in [3.8, 4) is 5.75 Å². The smallest absolute Gasteiger partial charge is 0.422 e. The number of anilines is 1. The normalized spacial score (nSPS) is 12.7. The van der Waals surface area contributed by atoms with E-state index in [9.17, 15) is 18.0 Å². The van der Waals surface area contributed by atoms with Crippen LogP contribution in [-0.2, 0) is 4.79 Å². The van der Waals surface area contributed by atoms with Gasteiger partial charge in [0.2, 0.25) is 5.91 Å². The summed E-state index contributed by atoms with van der Waals surface area (Å²) in [5.41, 5.74) is 0.461. The van der Waals surface area contributed by atoms with Crippen molar-refractivity contribution in [2.45, 2.75) is 19.1 Å². The molecule has 0 spiro atoms. The zero-order valence-electron chi connectivity index (χ0n) is 11.7. The van der Waals surface area contributed by atoms with Gasteiger partial charge in [-0.05, 0) is 37.3 Å². The Morgan fingerprint density at radius 2 is 2.05 bits per heavy atom. The van der Waals surface area contributed by atoms with Crippen LogP contribution in [0.1, 0.15) is 13.0 Å². The molecule has 1 aromatic heterocycles. The van der Waals surface area contributed by atoms with Crippen LogP contribution >= 0.6 is 0 Å². The number of nitrogens with zero attached hydrogens (tertiary/aromatic N) is 2. The Morgan fingerprint density at radius 3 is 2.59 bits per heavy atom. The van der Waals surface area contributed by atoms with E-state index < -0.39 is 18.8 Å². The Bertz CT molecular complexity index is 609. The molecule has 0 aliphatic carbocycles. The monoisotopic (exact) mass is 313 g/mol. The average Bonchev–Trinajstić information content (AvgIpc) is 2.99. The second-order valence-corrected chi connectivity index (χ2v) is 4.58. The number of alkyl halides is 3. The molecule has 2 aromatic rings. The fourth-order valence-corrected chi connectivity index (χ4v) is 1.68. The van der Waals surface area contributed by atoms with Crippen molar-refractivity contribution in [2.75, 3.05) is 11.9 Å². The van der Waals surface area contributed by atoms with Gasteiger partial charge in [0.05, 0.1) is 0 Å². The van der Waals surface area contributed by atoms with E-state index in [0.29, 0.717) is 5.69 Å². The predicted molar refractivity (Wildman–Crippen MR) is 73.6 cm³/mol. The molecule has 0 saturated carbocycles. The molecule has 1 heterocycles. The van der Waals surface area contributed by atoms with Gasteiger partial charge >= 0.3 is 6.18 Å². The minimum absolute atomic E-state index is 0.0791. The van der Waals surface area contributed by atoms with Crippen LogP contribution in [0, 0.1) is 0 Å². The Kier molecular flexibility index (Phi) is 4.69. The number of rotatable bonds is 5. The van der Waals surface area contributed by atoms with E-state index in [1.807, 2.05) is 0 Å². The number of hydrogen-bond donors (Lipinski definition) is 1. The summed E-state index contributed by atoms with van der Waals surface area (Å²) in [6.07, 6.45) is -1.15. The van der Waals surface area contributed by atoms with Gasteiger partial charge in [-0.15, -0.1) is 0 Å². The summed E-state index contributed by atoms with van der Waals surface area (Å²) < 4.78 is 42.2. The molecule has 1 N–H and O–H groups in total. The van der Waals surface area contributed by atoms with Gasteiger partial charge in [-0.25, -0.2) is 0 Å². The second kappa shape index (κ2) is 6.50. The summed E-state index contributed by atoms with van der Waals surface area (Å²) in [7, 11) is 0. The van der Waals surface area contributed by atoms with Crippen molar-refractivity contribution in [1.29, 1.82) is 0 Å². The third-order valence-corrected chi connectivity index (χ3v) is 2.83. The third kappa shape index (κ3) is 4.51. The number of nitrogens with one attached hydrogen (secondary N) is 1. The van der Waals surface area contributed by atoms with Gasteiger partial charge in [-0.2, -0.15) is 18.3 Å². The fraction of sp³-hybridized carbons (Fsp3) is 0.286. The summed E-state index contributed by atoms with van der Waals surface area (Å²) >= 11 is 0. The van der Waals surface area contributed by atoms with Gasteiger partial charge in [0.15, 0.2) is 6.61 Å². The maximum atomic E-state index is 12.0. The molecule has 0 radical (unpaired) electrons. The highest BCUT2D eigenvalue weighted by atomic mass is 19.4. The van der Waals surface area contributed by atoms with Crippen LogP contribution in [0.25, 0.3) is 0 Å². The molecule has 0 saturated heterocycles. The van der Waals surface area contributed by atoms with E-state index in [-0.39, 0.29) is 11.7 Å². The number of carbonyl (C=O) groups excluding carboxylic acids is 1. The minimum atomic E-state index is -4.38. The second-order valence-electron chi connectivity index (χ2n) is 4.58. The Hall–Kier alpha value is -2.51. The fourth-order valence-electron chi connectivity index (χ4n) is 1.68. The Balaban J connectivity index is 1.92. The predicted octanol–water partition coefficient (Wildman–Crippen LogP) is 3.02. The van der Waals surface area contributed by atoms with Gasteiger partial charge in [-0.3, -0.25) is 9.48 Å². The number of aromatic nitrogens is 2. The first kappa shape index (κ1) is 15.9. The van der Waals surface area contributed by atoms with Crippen LogP contribution in [0.4, 0.5) is 18.9 Å². The Labute approximate surface area is 124 Å². The Morgan fingerprint density at radius 1 is 1.36 bits per heavy atom. The molecule has 8 heteroatoms. The van der Waals surface area contributed by atoms with Crippen molar-refractivity contribution in [3.63, 3.8) is 0 Å². The third-order valence-electron chi connectivity index (χ3n) is 2.83. The molecule has 22 heavy (non-hydrogen) atoms. The highest BCUT2D eigenvalue weighted by molar-refractivity contribution is 5.93. The average molecular weight is 313 g/mol. The van der Waals surface area contributed by atoms with Crippen LogP contribution in [-0.4, -0.2) is 28.5 Å². The van der Waals surface area contributed by atoms with Crippen LogP contribution in [0.2, 0.25) is 0 Å². The van der Waals surface area contributed by atoms with Gasteiger partial charge in [0.1, 0.15) is 11.8 Å². The highest BCUT2D eigenvalue weighted by Gasteiger charge is 2.28. The lowest BCUT2D eigenvalue weighted by atomic mass is 10.2. The number of ether oxygens (including phenoxy) is 1. The van der Waals surface area contributed by atoms with E-state index >= 15 is 0 Å². The largest absolute Gasteiger partial charge is 0.484 e. The van der Waals surface area contributed by atoms with Crippen LogP contribution < -0.4 is 10.1 Å². The molecule has 1 amide bonds. The molecule has 1 unspecified atom stereocenters. The maximum absolute atomic E-state index is 12.0. The molecule has 0 bridgehead atoms. The number of amides is 1. The van der Waals surface area contributed by atoms with Crippen LogP contribution in [0.15, 0.2) is 42.7 Å². The molecule has 5 nitrogen and oxygen atoms in total. The SMILES string of the molecule is CC(C(=O)Nc1ccc(OCC(F)(F)F)cc1)n1cccn1. The molecule has 1 aromatic carbocycles. The van der Waals surface area contributed by atoms with E-state index in [0.717, 1.165) is 0 Å². The number of benzene rings is 1. The van der Waals surface area contributed by atoms with E-state index in [1.54, 1.807) is 25.4 Å². The van der Waals surface area contributed by atoms with Crippen molar-refractivity contribution in [2.24, 2.45) is 0 Å². The van der Waals surface area contributed by atoms with Gasteiger partial charge < -0.3 is 10.1 Å². The minimum Gasteiger partial charge on any atom is -0.484 e. The molecule has 0 fully saturated rings. The molecule has 2 rings (SSSR count). The first-order valence-electron chi connectivity index (χ1n) is 6.45. The summed E-state index contributed by atoms with van der Waals surface area (Å²) in [5, 5.41) is 6.62. The van der Waals surface area contributed by atoms with Crippen molar-refractivity contribution in [1.82, 2.24) is 9.78 Å². The number of carbonyl (C=O) groups is 1. The van der Waals surface area contributed by atoms with E-state index in [1.165, 1.54) is 28.9 Å². The molecule has 1 atom stereocenters. The summed E-state index contributed by atoms with van der Waals surface area (Å²) in [4.78, 5) is 12.0. The summed E-state index contributed by atoms with van der Waals surface area (Å²) in [5.74, 6) is -0.205.